The fraction of sp³-hybridized carbons (Fsp3) is 0.227. The Morgan fingerprint density at radius 2 is 1.87 bits per heavy atom. The van der Waals surface area contributed by atoms with Gasteiger partial charge < -0.3 is 0 Å². The number of para-hydroxylation sites is 1. The Labute approximate surface area is 184 Å². The second-order valence-electron chi connectivity index (χ2n) is 7.16. The van der Waals surface area contributed by atoms with E-state index in [0.29, 0.717) is 18.2 Å². The van der Waals surface area contributed by atoms with Gasteiger partial charge in [-0.05, 0) is 37.3 Å². The molecule has 0 aliphatic rings. The highest BCUT2D eigenvalue weighted by atomic mass is 32.2. The van der Waals surface area contributed by atoms with Crippen LogP contribution >= 0.6 is 11.3 Å². The normalized spacial score (nSPS) is 11.6. The predicted molar refractivity (Wildman–Crippen MR) is 122 cm³/mol. The number of aryl methyl sites for hydroxylation is 1. The van der Waals surface area contributed by atoms with Gasteiger partial charge in [0, 0.05) is 25.4 Å². The maximum atomic E-state index is 13.1. The molecule has 9 heteroatoms. The maximum Gasteiger partial charge on any atom is 0.229 e. The number of hydrogen-bond donors (Lipinski definition) is 0. The molecule has 0 saturated carbocycles. The summed E-state index contributed by atoms with van der Waals surface area (Å²) in [7, 11) is -3.55. The quantitative estimate of drug-likeness (QED) is 0.405. The van der Waals surface area contributed by atoms with E-state index in [9.17, 15) is 13.2 Å². The summed E-state index contributed by atoms with van der Waals surface area (Å²) in [6.45, 7) is 2.74. The largest absolute Gasteiger partial charge is 0.286 e. The van der Waals surface area contributed by atoms with Gasteiger partial charge in [-0.3, -0.25) is 14.4 Å². The van der Waals surface area contributed by atoms with E-state index in [2.05, 4.69) is 10.1 Å². The van der Waals surface area contributed by atoms with Crippen molar-refractivity contribution in [2.75, 3.05) is 17.2 Å². The van der Waals surface area contributed by atoms with Gasteiger partial charge in [0.05, 0.1) is 27.4 Å². The summed E-state index contributed by atoms with van der Waals surface area (Å²) in [4.78, 5) is 19.5. The van der Waals surface area contributed by atoms with Gasteiger partial charge in [0.15, 0.2) is 15.0 Å². The number of nitrogens with zero attached hydrogens (tertiary/aromatic N) is 4. The van der Waals surface area contributed by atoms with Crippen LogP contribution in [0.15, 0.2) is 71.9 Å². The van der Waals surface area contributed by atoms with Crippen LogP contribution in [0.25, 0.3) is 10.2 Å². The third kappa shape index (κ3) is 5.00. The average molecular weight is 455 g/mol. The number of thiazole rings is 1. The first-order valence-electron chi connectivity index (χ1n) is 9.85. The molecule has 0 spiro atoms. The minimum absolute atomic E-state index is 0.120. The summed E-state index contributed by atoms with van der Waals surface area (Å²) in [5.41, 5.74) is 1.79. The summed E-state index contributed by atoms with van der Waals surface area (Å²) >= 11 is 1.42. The van der Waals surface area contributed by atoms with E-state index in [1.54, 1.807) is 40.0 Å². The zero-order chi connectivity index (χ0) is 21.8. The van der Waals surface area contributed by atoms with Crippen molar-refractivity contribution in [3.8, 4) is 0 Å². The molecule has 160 valence electrons. The number of fused-ring (bicyclic) bond motifs is 1. The van der Waals surface area contributed by atoms with Gasteiger partial charge in [-0.25, -0.2) is 13.4 Å². The van der Waals surface area contributed by atoms with E-state index < -0.39 is 9.84 Å². The molecule has 2 aromatic heterocycles. The van der Waals surface area contributed by atoms with E-state index in [-0.39, 0.29) is 23.0 Å². The summed E-state index contributed by atoms with van der Waals surface area (Å²) in [5.74, 6) is -0.528. The van der Waals surface area contributed by atoms with E-state index in [0.717, 1.165) is 15.8 Å². The minimum atomic E-state index is -3.55. The molecule has 0 saturated heterocycles. The van der Waals surface area contributed by atoms with Crippen molar-refractivity contribution in [2.45, 2.75) is 24.8 Å². The lowest BCUT2D eigenvalue weighted by molar-refractivity contribution is -0.118. The van der Waals surface area contributed by atoms with Crippen LogP contribution in [0.3, 0.4) is 0 Å². The highest BCUT2D eigenvalue weighted by molar-refractivity contribution is 7.91. The van der Waals surface area contributed by atoms with Gasteiger partial charge in [0.2, 0.25) is 5.91 Å². The second-order valence-corrected chi connectivity index (χ2v) is 10.3. The Kier molecular flexibility index (Phi) is 6.15. The molecule has 7 nitrogen and oxygen atoms in total. The Balaban J connectivity index is 1.53. The fourth-order valence-corrected chi connectivity index (χ4v) is 5.40. The molecule has 0 atom stereocenters. The van der Waals surface area contributed by atoms with E-state index in [1.807, 2.05) is 43.5 Å². The van der Waals surface area contributed by atoms with E-state index in [1.165, 1.54) is 11.3 Å². The van der Waals surface area contributed by atoms with Crippen LogP contribution in [0.4, 0.5) is 5.13 Å². The summed E-state index contributed by atoms with van der Waals surface area (Å²) in [6, 6.07) is 16.2. The van der Waals surface area contributed by atoms with E-state index in [4.69, 9.17) is 0 Å². The lowest BCUT2D eigenvalue weighted by Gasteiger charge is -2.20. The van der Waals surface area contributed by atoms with Crippen LogP contribution in [0.5, 0.6) is 0 Å². The molecule has 0 unspecified atom stereocenters. The van der Waals surface area contributed by atoms with Gasteiger partial charge in [0.1, 0.15) is 0 Å². The molecule has 0 aliphatic heterocycles. The molecule has 0 N–H and O–H groups in total. The third-order valence-corrected chi connectivity index (χ3v) is 7.68. The third-order valence-electron chi connectivity index (χ3n) is 4.89. The number of aromatic nitrogens is 3. The topological polar surface area (TPSA) is 85.2 Å². The molecule has 0 radical (unpaired) electrons. The van der Waals surface area contributed by atoms with Gasteiger partial charge in [-0.1, -0.05) is 41.2 Å². The zero-order valence-corrected chi connectivity index (χ0v) is 18.6. The molecule has 2 aromatic carbocycles. The van der Waals surface area contributed by atoms with Crippen LogP contribution in [0, 0.1) is 6.92 Å². The Bertz CT molecular complexity index is 1250. The number of hydrogen-bond acceptors (Lipinski definition) is 6. The van der Waals surface area contributed by atoms with Crippen LogP contribution in [-0.4, -0.2) is 41.4 Å². The monoisotopic (exact) mass is 454 g/mol. The zero-order valence-electron chi connectivity index (χ0n) is 17.0. The number of benzene rings is 2. The predicted octanol–water partition coefficient (Wildman–Crippen LogP) is 3.70. The van der Waals surface area contributed by atoms with E-state index >= 15 is 0 Å². The average Bonchev–Trinajstić information content (AvgIpc) is 3.42. The Morgan fingerprint density at radius 3 is 2.58 bits per heavy atom. The first kappa shape index (κ1) is 21.2. The van der Waals surface area contributed by atoms with Crippen LogP contribution in [0.2, 0.25) is 0 Å². The lowest BCUT2D eigenvalue weighted by atomic mass is 10.2. The van der Waals surface area contributed by atoms with Crippen molar-refractivity contribution in [3.05, 3.63) is 72.6 Å². The number of amides is 1. The lowest BCUT2D eigenvalue weighted by Crippen LogP contribution is -2.35. The van der Waals surface area contributed by atoms with Crippen LogP contribution < -0.4 is 4.90 Å². The summed E-state index contributed by atoms with van der Waals surface area (Å²) < 4.78 is 28.1. The Hall–Kier alpha value is -3.04. The number of sulfone groups is 1. The molecule has 0 fully saturated rings. The molecule has 1 amide bonds. The first-order chi connectivity index (χ1) is 14.9. The number of carbonyl (C=O) groups excluding carboxylic acids is 1. The van der Waals surface area contributed by atoms with Crippen LogP contribution in [-0.2, 0) is 21.2 Å². The molecule has 31 heavy (non-hydrogen) atoms. The standard InChI is InChI=1S/C22H22N4O3S2/c1-17-7-9-18(10-8-17)31(28,29)16-11-21(27)26(15-14-25-13-4-12-23-25)22-24-19-5-2-3-6-20(19)30-22/h2-10,12-13H,11,14-16H2,1H3. The first-order valence-corrected chi connectivity index (χ1v) is 12.3. The van der Waals surface area contributed by atoms with Gasteiger partial charge >= 0.3 is 0 Å². The van der Waals surface area contributed by atoms with Gasteiger partial charge in [0.25, 0.3) is 0 Å². The maximum absolute atomic E-state index is 13.1. The molecule has 4 aromatic rings. The summed E-state index contributed by atoms with van der Waals surface area (Å²) in [6.07, 6.45) is 3.38. The second kappa shape index (κ2) is 8.99. The molecule has 0 bridgehead atoms. The summed E-state index contributed by atoms with van der Waals surface area (Å²) in [5, 5.41) is 4.74. The van der Waals surface area contributed by atoms with Gasteiger partial charge in [-0.15, -0.1) is 0 Å². The highest BCUT2D eigenvalue weighted by Crippen LogP contribution is 2.29. The molecule has 4 rings (SSSR count). The fourth-order valence-electron chi connectivity index (χ4n) is 3.16. The number of carbonyl (C=O) groups is 1. The van der Waals surface area contributed by atoms with Crippen molar-refractivity contribution in [1.29, 1.82) is 0 Å². The molecule has 0 aliphatic carbocycles. The minimum Gasteiger partial charge on any atom is -0.286 e. The smallest absolute Gasteiger partial charge is 0.229 e. The van der Waals surface area contributed by atoms with Crippen molar-refractivity contribution in [2.24, 2.45) is 0 Å². The SMILES string of the molecule is Cc1ccc(S(=O)(=O)CCC(=O)N(CCn2cccn2)c2nc3ccccc3s2)cc1. The van der Waals surface area contributed by atoms with Crippen molar-refractivity contribution >= 4 is 42.4 Å². The van der Waals surface area contributed by atoms with Crippen molar-refractivity contribution < 1.29 is 13.2 Å². The number of anilines is 1. The molecule has 2 heterocycles. The Morgan fingerprint density at radius 1 is 1.10 bits per heavy atom. The number of rotatable bonds is 8. The highest BCUT2D eigenvalue weighted by Gasteiger charge is 2.23. The molecular formula is C22H22N4O3S2. The molecular weight excluding hydrogens is 432 g/mol. The van der Waals surface area contributed by atoms with Crippen molar-refractivity contribution in [1.82, 2.24) is 14.8 Å². The van der Waals surface area contributed by atoms with Gasteiger partial charge in [-0.2, -0.15) is 5.10 Å². The van der Waals surface area contributed by atoms with Crippen molar-refractivity contribution in [3.63, 3.8) is 0 Å². The van der Waals surface area contributed by atoms with Crippen LogP contribution in [0.1, 0.15) is 12.0 Å².